The van der Waals surface area contributed by atoms with Crippen LogP contribution in [0.5, 0.6) is 0 Å². The van der Waals surface area contributed by atoms with Crippen LogP contribution < -0.4 is 0 Å². The highest BCUT2D eigenvalue weighted by Gasteiger charge is 2.41. The van der Waals surface area contributed by atoms with Crippen LogP contribution in [0.1, 0.15) is 62.5 Å². The van der Waals surface area contributed by atoms with Gasteiger partial charge in [0.1, 0.15) is 5.72 Å². The molecule has 3 heteroatoms. The molecule has 1 heterocycles. The van der Waals surface area contributed by atoms with Crippen LogP contribution in [-0.2, 0) is 22.7 Å². The molecule has 162 valence electrons. The Bertz CT molecular complexity index is 729. The average Bonchev–Trinajstić information content (AvgIpc) is 2.81. The summed E-state index contributed by atoms with van der Waals surface area (Å²) in [6.45, 7) is 4.22. The van der Waals surface area contributed by atoms with E-state index in [4.69, 9.17) is 9.47 Å². The number of benzene rings is 2. The minimum absolute atomic E-state index is 0.305. The third-order valence-corrected chi connectivity index (χ3v) is 6.81. The summed E-state index contributed by atoms with van der Waals surface area (Å²) < 4.78 is 13.1. The predicted molar refractivity (Wildman–Crippen MR) is 122 cm³/mol. The fourth-order valence-corrected chi connectivity index (χ4v) is 5.07. The van der Waals surface area contributed by atoms with Gasteiger partial charge in [-0.25, -0.2) is 0 Å². The molecule has 1 saturated carbocycles. The molecule has 30 heavy (non-hydrogen) atoms. The number of ether oxygens (including phenoxy) is 2. The van der Waals surface area contributed by atoms with Crippen molar-refractivity contribution in [1.29, 1.82) is 0 Å². The van der Waals surface area contributed by atoms with Gasteiger partial charge in [0.15, 0.2) is 0 Å². The van der Waals surface area contributed by atoms with Crippen LogP contribution in [0.3, 0.4) is 0 Å². The minimum atomic E-state index is -0.305. The van der Waals surface area contributed by atoms with E-state index in [0.717, 1.165) is 25.4 Å². The molecule has 1 saturated heterocycles. The summed E-state index contributed by atoms with van der Waals surface area (Å²) in [5.74, 6) is 0.811. The number of piperidine rings is 1. The highest BCUT2D eigenvalue weighted by molar-refractivity contribution is 5.14. The van der Waals surface area contributed by atoms with Crippen molar-refractivity contribution in [2.75, 3.05) is 19.7 Å². The van der Waals surface area contributed by atoms with E-state index in [2.05, 4.69) is 65.6 Å². The molecule has 1 atom stereocenters. The molecule has 2 aliphatic rings. The van der Waals surface area contributed by atoms with Gasteiger partial charge in [-0.05, 0) is 49.1 Å². The molecule has 0 N–H and O–H groups in total. The fraction of sp³-hybridized carbons (Fsp3) is 0.556. The second-order valence-electron chi connectivity index (χ2n) is 9.11. The Hall–Kier alpha value is -1.68. The van der Waals surface area contributed by atoms with Gasteiger partial charge in [-0.15, -0.1) is 0 Å². The first-order valence-electron chi connectivity index (χ1n) is 11.9. The lowest BCUT2D eigenvalue weighted by Crippen LogP contribution is -2.58. The normalized spacial score (nSPS) is 23.5. The van der Waals surface area contributed by atoms with E-state index in [1.807, 2.05) is 0 Å². The number of nitrogens with zero attached hydrogens (tertiary/aromatic N) is 1. The van der Waals surface area contributed by atoms with Crippen LogP contribution in [0.25, 0.3) is 0 Å². The first kappa shape index (κ1) is 21.5. The van der Waals surface area contributed by atoms with E-state index in [1.165, 1.54) is 56.1 Å². The second-order valence-corrected chi connectivity index (χ2v) is 9.11. The van der Waals surface area contributed by atoms with E-state index < -0.39 is 0 Å². The summed E-state index contributed by atoms with van der Waals surface area (Å²) in [6, 6.07) is 21.1. The van der Waals surface area contributed by atoms with E-state index in [1.54, 1.807) is 0 Å². The highest BCUT2D eigenvalue weighted by Crippen LogP contribution is 2.34. The monoisotopic (exact) mass is 407 g/mol. The third kappa shape index (κ3) is 5.94. The zero-order valence-electron chi connectivity index (χ0n) is 18.3. The minimum Gasteiger partial charge on any atom is -0.372 e. The fourth-order valence-electron chi connectivity index (χ4n) is 5.07. The van der Waals surface area contributed by atoms with Crippen molar-refractivity contribution >= 4 is 0 Å². The zero-order valence-corrected chi connectivity index (χ0v) is 18.3. The molecule has 0 radical (unpaired) electrons. The topological polar surface area (TPSA) is 21.7 Å². The Balaban J connectivity index is 1.45. The maximum atomic E-state index is 6.75. The van der Waals surface area contributed by atoms with Crippen LogP contribution in [0.15, 0.2) is 60.7 Å². The lowest BCUT2D eigenvalue weighted by atomic mass is 9.87. The molecule has 2 fully saturated rings. The van der Waals surface area contributed by atoms with E-state index in [0.29, 0.717) is 19.8 Å². The number of likely N-dealkylation sites (tertiary alicyclic amines) is 1. The van der Waals surface area contributed by atoms with Gasteiger partial charge in [0.25, 0.3) is 0 Å². The van der Waals surface area contributed by atoms with Crippen LogP contribution in [-0.4, -0.2) is 30.3 Å². The van der Waals surface area contributed by atoms with Gasteiger partial charge in [-0.1, -0.05) is 79.9 Å². The van der Waals surface area contributed by atoms with Gasteiger partial charge in [-0.3, -0.25) is 4.90 Å². The van der Waals surface area contributed by atoms with Gasteiger partial charge in [0.05, 0.1) is 19.8 Å². The molecule has 1 aliphatic heterocycles. The maximum Gasteiger partial charge on any atom is 0.145 e. The SMILES string of the molecule is c1ccc(COCC2(OCc3ccccc3)CCCCN2CC2CCCCC2)cc1. The van der Waals surface area contributed by atoms with Crippen molar-refractivity contribution in [3.8, 4) is 0 Å². The number of hydrogen-bond donors (Lipinski definition) is 0. The van der Waals surface area contributed by atoms with E-state index in [-0.39, 0.29) is 5.72 Å². The van der Waals surface area contributed by atoms with Crippen molar-refractivity contribution < 1.29 is 9.47 Å². The van der Waals surface area contributed by atoms with Crippen molar-refractivity contribution in [2.45, 2.75) is 70.3 Å². The Morgan fingerprint density at radius 3 is 2.13 bits per heavy atom. The molecule has 3 nitrogen and oxygen atoms in total. The molecule has 2 aromatic rings. The average molecular weight is 408 g/mol. The van der Waals surface area contributed by atoms with Crippen molar-refractivity contribution in [3.63, 3.8) is 0 Å². The molecule has 1 unspecified atom stereocenters. The molecule has 0 spiro atoms. The van der Waals surface area contributed by atoms with Gasteiger partial charge in [0, 0.05) is 13.1 Å². The largest absolute Gasteiger partial charge is 0.372 e. The predicted octanol–water partition coefficient (Wildman–Crippen LogP) is 6.18. The Morgan fingerprint density at radius 2 is 1.43 bits per heavy atom. The van der Waals surface area contributed by atoms with Crippen molar-refractivity contribution in [2.24, 2.45) is 5.92 Å². The molecule has 0 amide bonds. The quantitative estimate of drug-likeness (QED) is 0.495. The summed E-state index contributed by atoms with van der Waals surface area (Å²) in [4.78, 5) is 2.64. The van der Waals surface area contributed by atoms with Gasteiger partial charge < -0.3 is 9.47 Å². The lowest BCUT2D eigenvalue weighted by molar-refractivity contribution is -0.218. The number of rotatable bonds is 9. The number of hydrogen-bond acceptors (Lipinski definition) is 3. The second kappa shape index (κ2) is 11.1. The van der Waals surface area contributed by atoms with Crippen LogP contribution in [0.4, 0.5) is 0 Å². The Kier molecular flexibility index (Phi) is 7.96. The summed E-state index contributed by atoms with van der Waals surface area (Å²) >= 11 is 0. The van der Waals surface area contributed by atoms with E-state index >= 15 is 0 Å². The van der Waals surface area contributed by atoms with Gasteiger partial charge in [0.2, 0.25) is 0 Å². The lowest BCUT2D eigenvalue weighted by Gasteiger charge is -2.48. The standard InChI is InChI=1S/C27H37NO2/c1-4-12-24(13-5-1)20-28-19-11-10-18-27(28,30-22-26-16-8-3-9-17-26)23-29-21-25-14-6-2-7-15-25/h2-3,6-9,14-17,24H,1,4-5,10-13,18-23H2. The molecular formula is C27H37NO2. The van der Waals surface area contributed by atoms with Crippen molar-refractivity contribution in [3.05, 3.63) is 71.8 Å². The third-order valence-electron chi connectivity index (χ3n) is 6.81. The van der Waals surface area contributed by atoms with Gasteiger partial charge in [-0.2, -0.15) is 0 Å². The smallest absolute Gasteiger partial charge is 0.145 e. The summed E-state index contributed by atoms with van der Waals surface area (Å²) in [7, 11) is 0. The Morgan fingerprint density at radius 1 is 0.767 bits per heavy atom. The summed E-state index contributed by atoms with van der Waals surface area (Å²) in [5, 5.41) is 0. The van der Waals surface area contributed by atoms with Crippen molar-refractivity contribution in [1.82, 2.24) is 4.90 Å². The van der Waals surface area contributed by atoms with Crippen LogP contribution in [0.2, 0.25) is 0 Å². The zero-order chi connectivity index (χ0) is 20.5. The first-order chi connectivity index (χ1) is 14.8. The molecular weight excluding hydrogens is 370 g/mol. The Labute approximate surface area is 182 Å². The van der Waals surface area contributed by atoms with Gasteiger partial charge >= 0.3 is 0 Å². The van der Waals surface area contributed by atoms with Crippen LogP contribution in [0, 0.1) is 5.92 Å². The molecule has 0 bridgehead atoms. The maximum absolute atomic E-state index is 6.75. The molecule has 2 aromatic carbocycles. The highest BCUT2D eigenvalue weighted by atomic mass is 16.6. The molecule has 4 rings (SSSR count). The molecule has 0 aromatic heterocycles. The first-order valence-corrected chi connectivity index (χ1v) is 11.9. The van der Waals surface area contributed by atoms with Crippen LogP contribution >= 0.6 is 0 Å². The molecule has 1 aliphatic carbocycles. The summed E-state index contributed by atoms with van der Waals surface area (Å²) in [5.41, 5.74) is 2.16. The summed E-state index contributed by atoms with van der Waals surface area (Å²) in [6.07, 6.45) is 10.5. The van der Waals surface area contributed by atoms with E-state index in [9.17, 15) is 0 Å².